The number of piperazine rings is 1. The summed E-state index contributed by atoms with van der Waals surface area (Å²) >= 11 is 0. The molecular formula is C24H32ClN3O2. The minimum Gasteiger partial charge on any atom is -0.489 e. The van der Waals surface area contributed by atoms with Crippen LogP contribution in [0.2, 0.25) is 0 Å². The topological polar surface area (TPSA) is 44.8 Å². The Morgan fingerprint density at radius 3 is 2.27 bits per heavy atom. The van der Waals surface area contributed by atoms with Crippen LogP contribution in [0.1, 0.15) is 28.8 Å². The number of piperidine rings is 1. The van der Waals surface area contributed by atoms with Crippen molar-refractivity contribution in [3.05, 3.63) is 65.7 Å². The molecule has 0 spiro atoms. The average Bonchev–Trinajstić information content (AvgIpc) is 2.79. The first kappa shape index (κ1) is 22.6. The number of carbonyl (C=O) groups is 1. The van der Waals surface area contributed by atoms with Gasteiger partial charge in [0.2, 0.25) is 0 Å². The first-order valence-corrected chi connectivity index (χ1v) is 10.8. The van der Waals surface area contributed by atoms with Gasteiger partial charge in [-0.05, 0) is 61.7 Å². The lowest BCUT2D eigenvalue weighted by molar-refractivity contribution is 0.0608. The van der Waals surface area contributed by atoms with E-state index in [0.717, 1.165) is 62.1 Å². The molecular weight excluding hydrogens is 398 g/mol. The van der Waals surface area contributed by atoms with Gasteiger partial charge in [-0.25, -0.2) is 0 Å². The van der Waals surface area contributed by atoms with E-state index < -0.39 is 0 Å². The van der Waals surface area contributed by atoms with Gasteiger partial charge in [-0.1, -0.05) is 30.3 Å². The van der Waals surface area contributed by atoms with E-state index in [4.69, 9.17) is 4.74 Å². The third kappa shape index (κ3) is 6.21. The molecule has 6 heteroatoms. The molecule has 0 saturated carbocycles. The fraction of sp³-hybridized carbons (Fsp3) is 0.458. The van der Waals surface area contributed by atoms with Crippen molar-refractivity contribution >= 4 is 18.3 Å². The van der Waals surface area contributed by atoms with Crippen molar-refractivity contribution in [3.63, 3.8) is 0 Å². The summed E-state index contributed by atoms with van der Waals surface area (Å²) in [6, 6.07) is 17.6. The van der Waals surface area contributed by atoms with Crippen molar-refractivity contribution in [1.82, 2.24) is 15.1 Å². The van der Waals surface area contributed by atoms with Gasteiger partial charge in [0.05, 0.1) is 0 Å². The van der Waals surface area contributed by atoms with Crippen LogP contribution in [-0.2, 0) is 6.61 Å². The van der Waals surface area contributed by atoms with E-state index in [1.165, 1.54) is 19.4 Å². The molecule has 0 bridgehead atoms. The maximum atomic E-state index is 12.8. The Balaban J connectivity index is 0.00000256. The molecule has 2 aromatic carbocycles. The molecule has 2 aliphatic heterocycles. The zero-order valence-corrected chi connectivity index (χ0v) is 18.3. The molecule has 0 atom stereocenters. The lowest BCUT2D eigenvalue weighted by atomic mass is 9.97. The van der Waals surface area contributed by atoms with Gasteiger partial charge in [0.25, 0.3) is 5.91 Å². The molecule has 162 valence electrons. The fourth-order valence-electron chi connectivity index (χ4n) is 4.18. The SMILES string of the molecule is Cl.O=C(c1ccc(OCc2ccccc2)cc1)N1CCN(CC2CCNCC2)CC1. The normalized spacial score (nSPS) is 17.9. The molecule has 0 radical (unpaired) electrons. The Morgan fingerprint density at radius 1 is 0.933 bits per heavy atom. The minimum absolute atomic E-state index is 0. The van der Waals surface area contributed by atoms with E-state index >= 15 is 0 Å². The van der Waals surface area contributed by atoms with E-state index in [0.29, 0.717) is 6.61 Å². The Hall–Kier alpha value is -2.08. The van der Waals surface area contributed by atoms with Crippen molar-refractivity contribution in [1.29, 1.82) is 0 Å². The largest absolute Gasteiger partial charge is 0.489 e. The van der Waals surface area contributed by atoms with Crippen molar-refractivity contribution in [3.8, 4) is 5.75 Å². The fourth-order valence-corrected chi connectivity index (χ4v) is 4.18. The number of halogens is 1. The number of hydrogen-bond donors (Lipinski definition) is 1. The van der Waals surface area contributed by atoms with Crippen LogP contribution < -0.4 is 10.1 Å². The summed E-state index contributed by atoms with van der Waals surface area (Å²) in [5.74, 6) is 1.72. The molecule has 0 aliphatic carbocycles. The molecule has 2 aromatic rings. The molecule has 2 saturated heterocycles. The van der Waals surface area contributed by atoms with Gasteiger partial charge in [0, 0.05) is 38.3 Å². The Bertz CT molecular complexity index is 771. The predicted molar refractivity (Wildman–Crippen MR) is 122 cm³/mol. The van der Waals surface area contributed by atoms with Gasteiger partial charge < -0.3 is 15.0 Å². The van der Waals surface area contributed by atoms with Gasteiger partial charge in [0.1, 0.15) is 12.4 Å². The van der Waals surface area contributed by atoms with Crippen LogP contribution in [0.5, 0.6) is 5.75 Å². The van der Waals surface area contributed by atoms with Crippen LogP contribution in [0.15, 0.2) is 54.6 Å². The van der Waals surface area contributed by atoms with Crippen molar-refractivity contribution in [2.75, 3.05) is 45.8 Å². The second-order valence-electron chi connectivity index (χ2n) is 8.08. The molecule has 30 heavy (non-hydrogen) atoms. The van der Waals surface area contributed by atoms with Gasteiger partial charge in [0.15, 0.2) is 0 Å². The van der Waals surface area contributed by atoms with E-state index in [-0.39, 0.29) is 18.3 Å². The highest BCUT2D eigenvalue weighted by molar-refractivity contribution is 5.94. The Morgan fingerprint density at radius 2 is 1.60 bits per heavy atom. The van der Waals surface area contributed by atoms with E-state index in [2.05, 4.69) is 10.2 Å². The molecule has 2 fully saturated rings. The highest BCUT2D eigenvalue weighted by Crippen LogP contribution is 2.18. The molecule has 2 aliphatic rings. The third-order valence-corrected chi connectivity index (χ3v) is 5.98. The van der Waals surface area contributed by atoms with Crippen molar-refractivity contribution < 1.29 is 9.53 Å². The van der Waals surface area contributed by atoms with Gasteiger partial charge in [-0.2, -0.15) is 0 Å². The third-order valence-electron chi connectivity index (χ3n) is 5.98. The highest BCUT2D eigenvalue weighted by atomic mass is 35.5. The summed E-state index contributed by atoms with van der Waals surface area (Å²) in [5, 5.41) is 3.43. The zero-order valence-electron chi connectivity index (χ0n) is 17.5. The second kappa shape index (κ2) is 11.3. The quantitative estimate of drug-likeness (QED) is 0.763. The molecule has 1 amide bonds. The number of amides is 1. The molecule has 0 unspecified atom stereocenters. The lowest BCUT2D eigenvalue weighted by Gasteiger charge is -2.37. The molecule has 0 aromatic heterocycles. The summed E-state index contributed by atoms with van der Waals surface area (Å²) in [6.07, 6.45) is 2.55. The second-order valence-corrected chi connectivity index (χ2v) is 8.08. The van der Waals surface area contributed by atoms with Crippen LogP contribution in [0.25, 0.3) is 0 Å². The predicted octanol–water partition coefficient (Wildman–Crippen LogP) is 3.44. The molecule has 2 heterocycles. The van der Waals surface area contributed by atoms with Gasteiger partial charge >= 0.3 is 0 Å². The van der Waals surface area contributed by atoms with Crippen LogP contribution in [0.4, 0.5) is 0 Å². The maximum Gasteiger partial charge on any atom is 0.253 e. The Kier molecular flexibility index (Phi) is 8.55. The summed E-state index contributed by atoms with van der Waals surface area (Å²) in [4.78, 5) is 17.4. The Labute approximate surface area is 185 Å². The number of hydrogen-bond acceptors (Lipinski definition) is 4. The number of benzene rings is 2. The molecule has 5 nitrogen and oxygen atoms in total. The number of rotatable bonds is 6. The maximum absolute atomic E-state index is 12.8. The molecule has 4 rings (SSSR count). The van der Waals surface area contributed by atoms with E-state index in [1.54, 1.807) is 0 Å². The average molecular weight is 430 g/mol. The van der Waals surface area contributed by atoms with Crippen LogP contribution in [0.3, 0.4) is 0 Å². The smallest absolute Gasteiger partial charge is 0.253 e. The van der Waals surface area contributed by atoms with Crippen LogP contribution >= 0.6 is 12.4 Å². The van der Waals surface area contributed by atoms with Crippen molar-refractivity contribution in [2.45, 2.75) is 19.4 Å². The van der Waals surface area contributed by atoms with E-state index in [9.17, 15) is 4.79 Å². The first-order valence-electron chi connectivity index (χ1n) is 10.8. The van der Waals surface area contributed by atoms with E-state index in [1.807, 2.05) is 59.5 Å². The number of carbonyl (C=O) groups excluding carboxylic acids is 1. The summed E-state index contributed by atoms with van der Waals surface area (Å²) in [5.41, 5.74) is 1.87. The van der Waals surface area contributed by atoms with Gasteiger partial charge in [-0.3, -0.25) is 9.69 Å². The molecule has 1 N–H and O–H groups in total. The zero-order chi connectivity index (χ0) is 19.9. The lowest BCUT2D eigenvalue weighted by Crippen LogP contribution is -2.50. The highest BCUT2D eigenvalue weighted by Gasteiger charge is 2.24. The summed E-state index contributed by atoms with van der Waals surface area (Å²) < 4.78 is 5.82. The summed E-state index contributed by atoms with van der Waals surface area (Å²) in [6.45, 7) is 7.60. The van der Waals surface area contributed by atoms with Crippen LogP contribution in [-0.4, -0.2) is 61.5 Å². The number of nitrogens with one attached hydrogen (secondary N) is 1. The van der Waals surface area contributed by atoms with Crippen molar-refractivity contribution in [2.24, 2.45) is 5.92 Å². The number of nitrogens with zero attached hydrogens (tertiary/aromatic N) is 2. The standard InChI is InChI=1S/C24H31N3O2.ClH/c28-24(27-16-14-26(15-17-27)18-20-10-12-25-13-11-20)22-6-8-23(9-7-22)29-19-21-4-2-1-3-5-21;/h1-9,20,25H,10-19H2;1H. The monoisotopic (exact) mass is 429 g/mol. The van der Waals surface area contributed by atoms with Gasteiger partial charge in [-0.15, -0.1) is 12.4 Å². The minimum atomic E-state index is 0. The number of ether oxygens (including phenoxy) is 1. The summed E-state index contributed by atoms with van der Waals surface area (Å²) in [7, 11) is 0. The first-order chi connectivity index (χ1) is 14.3. The van der Waals surface area contributed by atoms with Crippen LogP contribution in [0, 0.1) is 5.92 Å².